The Hall–Kier alpha value is -0.330. The highest BCUT2D eigenvalue weighted by Crippen LogP contribution is 2.22. The average molecular weight is 184 g/mol. The molecule has 1 atom stereocenters. The molecule has 0 heterocycles. The van der Waals surface area contributed by atoms with Crippen LogP contribution in [0.4, 0.5) is 0 Å². The Morgan fingerprint density at radius 3 is 2.23 bits per heavy atom. The Bertz CT molecular complexity index is 138. The molecule has 0 aliphatic heterocycles. The summed E-state index contributed by atoms with van der Waals surface area (Å²) < 4.78 is 0. The van der Waals surface area contributed by atoms with E-state index in [-0.39, 0.29) is 0 Å². The van der Waals surface area contributed by atoms with E-state index in [4.69, 9.17) is 0 Å². The standard InChI is InChI=1S/C12H24O/c1-5-6-7-8-12(10(2)3)9-11(4)13/h10,12H,5-9H2,1-4H3/t12-/m1/s1. The highest BCUT2D eigenvalue weighted by molar-refractivity contribution is 5.75. The molecule has 0 bridgehead atoms. The molecule has 1 heteroatoms. The van der Waals surface area contributed by atoms with Crippen LogP contribution in [0.25, 0.3) is 0 Å². The molecular formula is C12H24O. The predicted molar refractivity (Wildman–Crippen MR) is 57.8 cm³/mol. The minimum Gasteiger partial charge on any atom is -0.300 e. The van der Waals surface area contributed by atoms with Crippen molar-refractivity contribution in [3.05, 3.63) is 0 Å². The zero-order chi connectivity index (χ0) is 10.3. The first-order valence-corrected chi connectivity index (χ1v) is 5.57. The zero-order valence-electron chi connectivity index (χ0n) is 9.60. The molecule has 0 amide bonds. The Morgan fingerprint density at radius 1 is 1.23 bits per heavy atom. The van der Waals surface area contributed by atoms with E-state index in [2.05, 4.69) is 20.8 Å². The van der Waals surface area contributed by atoms with Gasteiger partial charge in [0, 0.05) is 6.42 Å². The van der Waals surface area contributed by atoms with Gasteiger partial charge in [0.15, 0.2) is 0 Å². The number of carbonyl (C=O) groups excluding carboxylic acids is 1. The van der Waals surface area contributed by atoms with Gasteiger partial charge in [0.25, 0.3) is 0 Å². The molecule has 0 aromatic rings. The number of hydrogen-bond donors (Lipinski definition) is 0. The van der Waals surface area contributed by atoms with E-state index in [0.717, 1.165) is 6.42 Å². The van der Waals surface area contributed by atoms with Gasteiger partial charge in [-0.15, -0.1) is 0 Å². The zero-order valence-corrected chi connectivity index (χ0v) is 9.60. The van der Waals surface area contributed by atoms with Crippen molar-refractivity contribution in [1.29, 1.82) is 0 Å². The third-order valence-corrected chi connectivity index (χ3v) is 2.67. The fourth-order valence-electron chi connectivity index (χ4n) is 1.70. The lowest BCUT2D eigenvalue weighted by Gasteiger charge is -2.19. The van der Waals surface area contributed by atoms with Crippen molar-refractivity contribution in [1.82, 2.24) is 0 Å². The number of rotatable bonds is 7. The van der Waals surface area contributed by atoms with Gasteiger partial charge in [0.1, 0.15) is 5.78 Å². The average Bonchev–Trinajstić information content (AvgIpc) is 2.02. The molecule has 0 N–H and O–H groups in total. The summed E-state index contributed by atoms with van der Waals surface area (Å²) in [5.74, 6) is 1.61. The highest BCUT2D eigenvalue weighted by atomic mass is 16.1. The van der Waals surface area contributed by atoms with E-state index in [0.29, 0.717) is 17.6 Å². The molecule has 0 saturated carbocycles. The van der Waals surface area contributed by atoms with Crippen molar-refractivity contribution in [3.63, 3.8) is 0 Å². The van der Waals surface area contributed by atoms with Crippen molar-refractivity contribution in [3.8, 4) is 0 Å². The van der Waals surface area contributed by atoms with Crippen LogP contribution in [0.15, 0.2) is 0 Å². The molecule has 0 saturated heterocycles. The summed E-state index contributed by atoms with van der Waals surface area (Å²) in [5.41, 5.74) is 0. The van der Waals surface area contributed by atoms with Gasteiger partial charge in [-0.05, 0) is 25.2 Å². The van der Waals surface area contributed by atoms with Crippen LogP contribution in [-0.2, 0) is 4.79 Å². The Labute approximate surface area is 82.9 Å². The van der Waals surface area contributed by atoms with Crippen LogP contribution in [0.1, 0.15) is 59.8 Å². The van der Waals surface area contributed by atoms with Crippen molar-refractivity contribution in [2.45, 2.75) is 59.8 Å². The van der Waals surface area contributed by atoms with E-state index in [9.17, 15) is 4.79 Å². The topological polar surface area (TPSA) is 17.1 Å². The molecule has 0 unspecified atom stereocenters. The maximum atomic E-state index is 11.0. The van der Waals surface area contributed by atoms with Gasteiger partial charge in [-0.1, -0.05) is 40.0 Å². The van der Waals surface area contributed by atoms with E-state index >= 15 is 0 Å². The molecule has 1 nitrogen and oxygen atoms in total. The normalized spacial score (nSPS) is 13.3. The van der Waals surface area contributed by atoms with Crippen molar-refractivity contribution >= 4 is 5.78 Å². The molecular weight excluding hydrogens is 160 g/mol. The quantitative estimate of drug-likeness (QED) is 0.550. The maximum absolute atomic E-state index is 11.0. The van der Waals surface area contributed by atoms with Crippen molar-refractivity contribution in [2.24, 2.45) is 11.8 Å². The van der Waals surface area contributed by atoms with Crippen LogP contribution < -0.4 is 0 Å². The van der Waals surface area contributed by atoms with Gasteiger partial charge in [0.2, 0.25) is 0 Å². The Balaban J connectivity index is 3.74. The van der Waals surface area contributed by atoms with Gasteiger partial charge in [0.05, 0.1) is 0 Å². The lowest BCUT2D eigenvalue weighted by atomic mass is 9.86. The SMILES string of the molecule is CCCCC[C@H](CC(C)=O)C(C)C. The lowest BCUT2D eigenvalue weighted by molar-refractivity contribution is -0.118. The summed E-state index contributed by atoms with van der Waals surface area (Å²) in [4.78, 5) is 11.0. The molecule has 0 aromatic heterocycles. The third kappa shape index (κ3) is 6.80. The smallest absolute Gasteiger partial charge is 0.130 e. The second-order valence-corrected chi connectivity index (χ2v) is 4.41. The Kier molecular flexibility index (Phi) is 6.93. The fourth-order valence-corrected chi connectivity index (χ4v) is 1.70. The summed E-state index contributed by atoms with van der Waals surface area (Å²) in [5, 5.41) is 0. The van der Waals surface area contributed by atoms with Gasteiger partial charge < -0.3 is 4.79 Å². The summed E-state index contributed by atoms with van der Waals surface area (Å²) in [6.07, 6.45) is 5.87. The van der Waals surface area contributed by atoms with Crippen molar-refractivity contribution < 1.29 is 4.79 Å². The van der Waals surface area contributed by atoms with Gasteiger partial charge in [-0.2, -0.15) is 0 Å². The van der Waals surface area contributed by atoms with Crippen LogP contribution in [0.5, 0.6) is 0 Å². The van der Waals surface area contributed by atoms with Crippen molar-refractivity contribution in [2.75, 3.05) is 0 Å². The molecule has 0 aromatic carbocycles. The number of Topliss-reactive ketones (excluding diaryl/α,β-unsaturated/α-hetero) is 1. The number of ketones is 1. The minimum atomic E-state index is 0.343. The second kappa shape index (κ2) is 7.11. The number of hydrogen-bond acceptors (Lipinski definition) is 1. The van der Waals surface area contributed by atoms with Crippen LogP contribution in [0, 0.1) is 11.8 Å². The highest BCUT2D eigenvalue weighted by Gasteiger charge is 2.14. The monoisotopic (exact) mass is 184 g/mol. The minimum absolute atomic E-state index is 0.343. The number of carbonyl (C=O) groups is 1. The molecule has 13 heavy (non-hydrogen) atoms. The van der Waals surface area contributed by atoms with Gasteiger partial charge in [-0.25, -0.2) is 0 Å². The van der Waals surface area contributed by atoms with Crippen LogP contribution in [-0.4, -0.2) is 5.78 Å². The molecule has 0 fully saturated rings. The molecule has 0 aliphatic carbocycles. The third-order valence-electron chi connectivity index (χ3n) is 2.67. The Morgan fingerprint density at radius 2 is 1.85 bits per heavy atom. The largest absolute Gasteiger partial charge is 0.300 e. The number of unbranched alkanes of at least 4 members (excludes halogenated alkanes) is 2. The van der Waals surface area contributed by atoms with Gasteiger partial charge >= 0.3 is 0 Å². The van der Waals surface area contributed by atoms with E-state index in [1.54, 1.807) is 6.92 Å². The van der Waals surface area contributed by atoms with Gasteiger partial charge in [-0.3, -0.25) is 0 Å². The molecule has 78 valence electrons. The fraction of sp³-hybridized carbons (Fsp3) is 0.917. The van der Waals surface area contributed by atoms with E-state index in [1.165, 1.54) is 25.7 Å². The molecule has 0 spiro atoms. The first kappa shape index (κ1) is 12.7. The molecule has 0 radical (unpaired) electrons. The van der Waals surface area contributed by atoms with E-state index < -0.39 is 0 Å². The molecule has 0 rings (SSSR count). The summed E-state index contributed by atoms with van der Waals surface area (Å²) in [6, 6.07) is 0. The summed E-state index contributed by atoms with van der Waals surface area (Å²) in [7, 11) is 0. The predicted octanol–water partition coefficient (Wildman–Crippen LogP) is 3.82. The second-order valence-electron chi connectivity index (χ2n) is 4.41. The lowest BCUT2D eigenvalue weighted by Crippen LogP contribution is -2.12. The van der Waals surface area contributed by atoms with Crippen LogP contribution >= 0.6 is 0 Å². The first-order valence-electron chi connectivity index (χ1n) is 5.57. The summed E-state index contributed by atoms with van der Waals surface area (Å²) in [6.45, 7) is 8.36. The van der Waals surface area contributed by atoms with Crippen LogP contribution in [0.3, 0.4) is 0 Å². The first-order chi connectivity index (χ1) is 6.07. The maximum Gasteiger partial charge on any atom is 0.130 e. The van der Waals surface area contributed by atoms with E-state index in [1.807, 2.05) is 0 Å². The van der Waals surface area contributed by atoms with Crippen LogP contribution in [0.2, 0.25) is 0 Å². The molecule has 0 aliphatic rings. The summed E-state index contributed by atoms with van der Waals surface area (Å²) >= 11 is 0.